The first-order chi connectivity index (χ1) is 12.6. The second-order valence-electron chi connectivity index (χ2n) is 6.53. The summed E-state index contributed by atoms with van der Waals surface area (Å²) in [5, 5.41) is 0. The molecule has 0 aliphatic heterocycles. The van der Waals surface area contributed by atoms with Crippen LogP contribution in [-0.2, 0) is 4.79 Å². The Morgan fingerprint density at radius 1 is 0.923 bits per heavy atom. The first-order valence-electron chi connectivity index (χ1n) is 8.91. The molecule has 0 spiro atoms. The predicted molar refractivity (Wildman–Crippen MR) is 98.4 cm³/mol. The van der Waals surface area contributed by atoms with Crippen molar-refractivity contribution in [2.45, 2.75) is 32.1 Å². The minimum Gasteiger partial charge on any atom is -0.426 e. The van der Waals surface area contributed by atoms with Crippen molar-refractivity contribution in [3.63, 3.8) is 0 Å². The number of benzene rings is 2. The summed E-state index contributed by atoms with van der Waals surface area (Å²) in [6.07, 6.45) is 8.31. The van der Waals surface area contributed by atoms with Gasteiger partial charge in [-0.25, -0.2) is 4.39 Å². The van der Waals surface area contributed by atoms with Crippen LogP contribution in [0.3, 0.4) is 0 Å². The maximum Gasteiger partial charge on any atom is 0.314 e. The molecule has 0 unspecified atom stereocenters. The summed E-state index contributed by atoms with van der Waals surface area (Å²) >= 11 is 0. The van der Waals surface area contributed by atoms with Crippen LogP contribution in [0.5, 0.6) is 5.75 Å². The van der Waals surface area contributed by atoms with Crippen molar-refractivity contribution < 1.29 is 18.7 Å². The summed E-state index contributed by atoms with van der Waals surface area (Å²) < 4.78 is 18.3. The van der Waals surface area contributed by atoms with Gasteiger partial charge in [-0.2, -0.15) is 0 Å². The van der Waals surface area contributed by atoms with Gasteiger partial charge in [0.25, 0.3) is 0 Å². The van der Waals surface area contributed by atoms with Crippen LogP contribution in [0.15, 0.2) is 54.6 Å². The Kier molecular flexibility index (Phi) is 5.95. The summed E-state index contributed by atoms with van der Waals surface area (Å²) in [7, 11) is 0. The highest BCUT2D eigenvalue weighted by Crippen LogP contribution is 2.25. The highest BCUT2D eigenvalue weighted by Gasteiger charge is 2.22. The standard InChI is InChI=1S/C22H21FO3/c23-19-11-9-17(10-12-19)21(24)15-8-16-6-13-20(14-7-16)26-22(25)18-4-2-1-3-5-18/h6-15,18H,1-5H2. The van der Waals surface area contributed by atoms with Crippen LogP contribution in [0.1, 0.15) is 48.0 Å². The molecule has 26 heavy (non-hydrogen) atoms. The number of hydrogen-bond donors (Lipinski definition) is 0. The molecule has 4 heteroatoms. The van der Waals surface area contributed by atoms with Crippen LogP contribution in [0.4, 0.5) is 4.39 Å². The molecule has 3 nitrogen and oxygen atoms in total. The second kappa shape index (κ2) is 8.56. The molecule has 0 bridgehead atoms. The fraction of sp³-hybridized carbons (Fsp3) is 0.273. The molecule has 0 N–H and O–H groups in total. The summed E-state index contributed by atoms with van der Waals surface area (Å²) in [5.74, 6) is -0.194. The van der Waals surface area contributed by atoms with Crippen molar-refractivity contribution >= 4 is 17.8 Å². The monoisotopic (exact) mass is 352 g/mol. The lowest BCUT2D eigenvalue weighted by Crippen LogP contribution is -2.22. The molecule has 1 aliphatic carbocycles. The summed E-state index contributed by atoms with van der Waals surface area (Å²) in [6, 6.07) is 12.5. The van der Waals surface area contributed by atoms with Crippen molar-refractivity contribution in [1.82, 2.24) is 0 Å². The zero-order valence-electron chi connectivity index (χ0n) is 14.5. The topological polar surface area (TPSA) is 43.4 Å². The van der Waals surface area contributed by atoms with E-state index >= 15 is 0 Å². The van der Waals surface area contributed by atoms with Gasteiger partial charge >= 0.3 is 5.97 Å². The van der Waals surface area contributed by atoms with Crippen LogP contribution in [0.2, 0.25) is 0 Å². The van der Waals surface area contributed by atoms with Crippen LogP contribution < -0.4 is 4.74 Å². The molecule has 2 aromatic carbocycles. The lowest BCUT2D eigenvalue weighted by atomic mass is 9.89. The molecular formula is C22H21FO3. The van der Waals surface area contributed by atoms with E-state index in [9.17, 15) is 14.0 Å². The third-order valence-electron chi connectivity index (χ3n) is 4.59. The average molecular weight is 352 g/mol. The number of carbonyl (C=O) groups is 2. The molecule has 0 saturated heterocycles. The first-order valence-corrected chi connectivity index (χ1v) is 8.91. The van der Waals surface area contributed by atoms with E-state index in [4.69, 9.17) is 4.74 Å². The van der Waals surface area contributed by atoms with E-state index in [0.29, 0.717) is 11.3 Å². The molecule has 0 heterocycles. The highest BCUT2D eigenvalue weighted by atomic mass is 19.1. The van der Waals surface area contributed by atoms with Gasteiger partial charge in [0.1, 0.15) is 11.6 Å². The lowest BCUT2D eigenvalue weighted by molar-refractivity contribution is -0.139. The van der Waals surface area contributed by atoms with E-state index in [1.165, 1.54) is 36.8 Å². The third-order valence-corrected chi connectivity index (χ3v) is 4.59. The Bertz CT molecular complexity index is 785. The number of carbonyl (C=O) groups excluding carboxylic acids is 2. The van der Waals surface area contributed by atoms with E-state index in [-0.39, 0.29) is 23.5 Å². The normalized spacial score (nSPS) is 15.1. The van der Waals surface area contributed by atoms with E-state index in [1.54, 1.807) is 30.3 Å². The number of allylic oxidation sites excluding steroid dienone is 1. The molecule has 134 valence electrons. The zero-order valence-corrected chi connectivity index (χ0v) is 14.5. The SMILES string of the molecule is O=C(C=Cc1ccc(OC(=O)C2CCCCC2)cc1)c1ccc(F)cc1. The molecule has 2 aromatic rings. The van der Waals surface area contributed by atoms with Crippen molar-refractivity contribution in [3.8, 4) is 5.75 Å². The Morgan fingerprint density at radius 2 is 1.58 bits per heavy atom. The van der Waals surface area contributed by atoms with E-state index in [2.05, 4.69) is 0 Å². The summed E-state index contributed by atoms with van der Waals surface area (Å²) in [6.45, 7) is 0. The van der Waals surface area contributed by atoms with E-state index in [1.807, 2.05) is 0 Å². The third kappa shape index (κ3) is 4.88. The van der Waals surface area contributed by atoms with Crippen molar-refractivity contribution in [1.29, 1.82) is 0 Å². The van der Waals surface area contributed by atoms with E-state index in [0.717, 1.165) is 31.2 Å². The molecule has 0 radical (unpaired) electrons. The Hall–Kier alpha value is -2.75. The number of hydrogen-bond acceptors (Lipinski definition) is 3. The van der Waals surface area contributed by atoms with Gasteiger partial charge in [-0.3, -0.25) is 9.59 Å². The van der Waals surface area contributed by atoms with Gasteiger partial charge in [0.15, 0.2) is 5.78 Å². The number of halogens is 1. The molecule has 1 fully saturated rings. The minimum absolute atomic E-state index is 0.0108. The Balaban J connectivity index is 1.57. The fourth-order valence-electron chi connectivity index (χ4n) is 3.07. The second-order valence-corrected chi connectivity index (χ2v) is 6.53. The molecular weight excluding hydrogens is 331 g/mol. The Morgan fingerprint density at radius 3 is 2.23 bits per heavy atom. The van der Waals surface area contributed by atoms with Gasteiger partial charge in [-0.1, -0.05) is 37.5 Å². The lowest BCUT2D eigenvalue weighted by Gasteiger charge is -2.19. The number of esters is 1. The van der Waals surface area contributed by atoms with Crippen LogP contribution >= 0.6 is 0 Å². The quantitative estimate of drug-likeness (QED) is 0.321. The molecule has 0 amide bonds. The maximum atomic E-state index is 12.9. The molecule has 1 saturated carbocycles. The first kappa shape index (κ1) is 18.1. The zero-order chi connectivity index (χ0) is 18.4. The van der Waals surface area contributed by atoms with E-state index < -0.39 is 0 Å². The number of ketones is 1. The Labute approximate surface area is 152 Å². The largest absolute Gasteiger partial charge is 0.426 e. The summed E-state index contributed by atoms with van der Waals surface area (Å²) in [5.41, 5.74) is 1.25. The van der Waals surface area contributed by atoms with Gasteiger partial charge in [-0.15, -0.1) is 0 Å². The van der Waals surface area contributed by atoms with Gasteiger partial charge in [0, 0.05) is 5.56 Å². The molecule has 0 aromatic heterocycles. The van der Waals surface area contributed by atoms with Crippen LogP contribution in [0.25, 0.3) is 6.08 Å². The minimum atomic E-state index is -0.371. The van der Waals surface area contributed by atoms with Crippen LogP contribution in [-0.4, -0.2) is 11.8 Å². The van der Waals surface area contributed by atoms with Crippen molar-refractivity contribution in [2.75, 3.05) is 0 Å². The summed E-state index contributed by atoms with van der Waals surface area (Å²) in [4.78, 5) is 24.2. The molecule has 1 aliphatic rings. The van der Waals surface area contributed by atoms with Gasteiger partial charge in [0.05, 0.1) is 5.92 Å². The fourth-order valence-corrected chi connectivity index (χ4v) is 3.07. The highest BCUT2D eigenvalue weighted by molar-refractivity contribution is 6.06. The van der Waals surface area contributed by atoms with Crippen LogP contribution in [0, 0.1) is 11.7 Å². The van der Waals surface area contributed by atoms with Gasteiger partial charge in [-0.05, 0) is 60.9 Å². The average Bonchev–Trinajstić information content (AvgIpc) is 2.68. The van der Waals surface area contributed by atoms with Crippen molar-refractivity contribution in [2.24, 2.45) is 5.92 Å². The molecule has 3 rings (SSSR count). The van der Waals surface area contributed by atoms with Gasteiger partial charge < -0.3 is 4.74 Å². The molecule has 0 atom stereocenters. The van der Waals surface area contributed by atoms with Gasteiger partial charge in [0.2, 0.25) is 0 Å². The smallest absolute Gasteiger partial charge is 0.314 e. The maximum absolute atomic E-state index is 12.9. The predicted octanol–water partition coefficient (Wildman–Crippen LogP) is 5.21. The number of ether oxygens (including phenoxy) is 1. The number of rotatable bonds is 5. The van der Waals surface area contributed by atoms with Crippen molar-refractivity contribution in [3.05, 3.63) is 71.6 Å².